The van der Waals surface area contributed by atoms with Gasteiger partial charge in [0.25, 0.3) is 0 Å². The molecule has 122 valence electrons. The number of benzene rings is 3. The van der Waals surface area contributed by atoms with Crippen LogP contribution in [0.2, 0.25) is 0 Å². The van der Waals surface area contributed by atoms with Crippen LogP contribution in [0, 0.1) is 0 Å². The highest BCUT2D eigenvalue weighted by molar-refractivity contribution is 8.00. The number of methoxy groups -OCH3 is 1. The molecule has 0 fully saturated rings. The lowest BCUT2D eigenvalue weighted by atomic mass is 10.1. The van der Waals surface area contributed by atoms with Gasteiger partial charge in [0.05, 0.1) is 17.3 Å². The Morgan fingerprint density at radius 3 is 2.56 bits per heavy atom. The molecule has 0 N–H and O–H groups in total. The van der Waals surface area contributed by atoms with Crippen LogP contribution in [-0.2, 0) is 0 Å². The molecule has 0 aromatic heterocycles. The Labute approximate surface area is 150 Å². The van der Waals surface area contributed by atoms with Crippen molar-refractivity contribution in [1.82, 2.24) is 0 Å². The van der Waals surface area contributed by atoms with Crippen molar-refractivity contribution < 1.29 is 9.47 Å². The van der Waals surface area contributed by atoms with Crippen molar-refractivity contribution >= 4 is 23.9 Å². The van der Waals surface area contributed by atoms with Crippen LogP contribution in [0.25, 0.3) is 12.2 Å². The first-order valence-electron chi connectivity index (χ1n) is 8.26. The molecule has 2 aliphatic rings. The van der Waals surface area contributed by atoms with Crippen LogP contribution >= 0.6 is 11.8 Å². The van der Waals surface area contributed by atoms with Gasteiger partial charge >= 0.3 is 0 Å². The summed E-state index contributed by atoms with van der Waals surface area (Å²) in [6.45, 7) is 0. The van der Waals surface area contributed by atoms with Gasteiger partial charge < -0.3 is 9.47 Å². The van der Waals surface area contributed by atoms with Gasteiger partial charge in [-0.1, -0.05) is 48.5 Å². The van der Waals surface area contributed by atoms with Crippen molar-refractivity contribution in [3.8, 4) is 17.2 Å². The van der Waals surface area contributed by atoms with E-state index in [1.165, 1.54) is 15.7 Å². The molecule has 3 aromatic carbocycles. The van der Waals surface area contributed by atoms with E-state index in [9.17, 15) is 0 Å². The van der Waals surface area contributed by atoms with Crippen LogP contribution in [-0.4, -0.2) is 7.11 Å². The monoisotopic (exact) mass is 344 g/mol. The molecule has 0 saturated heterocycles. The zero-order valence-corrected chi connectivity index (χ0v) is 14.5. The normalized spacial score (nSPS) is 16.6. The van der Waals surface area contributed by atoms with Gasteiger partial charge in [-0.15, -0.1) is 11.8 Å². The number of hydrogen-bond donors (Lipinski definition) is 0. The van der Waals surface area contributed by atoms with Crippen molar-refractivity contribution in [3.63, 3.8) is 0 Å². The second-order valence-corrected chi connectivity index (χ2v) is 7.32. The van der Waals surface area contributed by atoms with E-state index in [0.717, 1.165) is 28.0 Å². The highest BCUT2D eigenvalue weighted by atomic mass is 32.2. The van der Waals surface area contributed by atoms with Crippen molar-refractivity contribution in [2.75, 3.05) is 7.11 Å². The van der Waals surface area contributed by atoms with Crippen molar-refractivity contribution in [3.05, 3.63) is 82.2 Å². The minimum Gasteiger partial charge on any atom is -0.497 e. The van der Waals surface area contributed by atoms with Crippen molar-refractivity contribution in [2.24, 2.45) is 0 Å². The zero-order valence-electron chi connectivity index (χ0n) is 13.7. The van der Waals surface area contributed by atoms with Crippen LogP contribution in [0.1, 0.15) is 16.4 Å². The molecule has 2 aliphatic heterocycles. The van der Waals surface area contributed by atoms with E-state index in [-0.39, 0.29) is 0 Å². The largest absolute Gasteiger partial charge is 0.497 e. The molecule has 5 rings (SSSR count). The van der Waals surface area contributed by atoms with Crippen LogP contribution in [0.4, 0.5) is 0 Å². The minimum atomic E-state index is 0.299. The van der Waals surface area contributed by atoms with E-state index >= 15 is 0 Å². The van der Waals surface area contributed by atoms with Gasteiger partial charge in [0.1, 0.15) is 17.2 Å². The highest BCUT2D eigenvalue weighted by Gasteiger charge is 2.23. The first kappa shape index (κ1) is 14.7. The summed E-state index contributed by atoms with van der Waals surface area (Å²) in [6.07, 6.45) is 4.52. The van der Waals surface area contributed by atoms with Gasteiger partial charge in [-0.3, -0.25) is 0 Å². The summed E-state index contributed by atoms with van der Waals surface area (Å²) >= 11 is 1.85. The van der Waals surface area contributed by atoms with Gasteiger partial charge in [-0.2, -0.15) is 0 Å². The van der Waals surface area contributed by atoms with Crippen LogP contribution in [0.3, 0.4) is 0 Å². The number of para-hydroxylation sites is 1. The van der Waals surface area contributed by atoms with E-state index < -0.39 is 0 Å². The molecule has 3 heteroatoms. The summed E-state index contributed by atoms with van der Waals surface area (Å²) in [6, 6.07) is 20.8. The second kappa shape index (κ2) is 5.71. The number of rotatable bonds is 2. The van der Waals surface area contributed by atoms with Crippen LogP contribution < -0.4 is 19.9 Å². The Hall–Kier alpha value is -2.65. The maximum Gasteiger partial charge on any atom is 0.148 e. The summed E-state index contributed by atoms with van der Waals surface area (Å²) < 4.78 is 11.5. The molecule has 2 heterocycles. The molecule has 0 bridgehead atoms. The SMILES string of the molecule is COc1ccc(C2C=c3ccc4c(c3S2)Oc2ccccc2C=4)cc1. The first-order chi connectivity index (χ1) is 12.3. The summed E-state index contributed by atoms with van der Waals surface area (Å²) in [4.78, 5) is 1.23. The van der Waals surface area contributed by atoms with Gasteiger partial charge in [0.15, 0.2) is 0 Å². The Morgan fingerprint density at radius 1 is 0.920 bits per heavy atom. The first-order valence-corrected chi connectivity index (χ1v) is 9.14. The topological polar surface area (TPSA) is 18.5 Å². The minimum absolute atomic E-state index is 0.299. The molecule has 1 atom stereocenters. The van der Waals surface area contributed by atoms with E-state index in [4.69, 9.17) is 9.47 Å². The standard InChI is InChI=1S/C22H16O2S/c1-23-18-10-8-14(9-11-18)20-13-17-7-6-16-12-15-4-2-3-5-19(15)24-21(16)22(17)25-20/h2-13,20H,1H3. The fraction of sp³-hybridized carbons (Fsp3) is 0.0909. The van der Waals surface area contributed by atoms with E-state index in [1.807, 2.05) is 42.1 Å². The van der Waals surface area contributed by atoms with E-state index in [0.29, 0.717) is 5.25 Å². The molecular formula is C22H16O2S. The number of ether oxygens (including phenoxy) is 2. The molecule has 0 spiro atoms. The Kier molecular flexibility index (Phi) is 3.35. The maximum atomic E-state index is 6.25. The van der Waals surface area contributed by atoms with Crippen molar-refractivity contribution in [2.45, 2.75) is 10.1 Å². The number of fused-ring (bicyclic) bond motifs is 4. The lowest BCUT2D eigenvalue weighted by Gasteiger charge is -2.17. The molecule has 1 unspecified atom stereocenters. The van der Waals surface area contributed by atoms with Crippen molar-refractivity contribution in [1.29, 1.82) is 0 Å². The quantitative estimate of drug-likeness (QED) is 0.541. The third kappa shape index (κ3) is 2.43. The molecule has 0 saturated carbocycles. The van der Waals surface area contributed by atoms with E-state index in [1.54, 1.807) is 7.11 Å². The summed E-state index contributed by atoms with van der Waals surface area (Å²) in [5.41, 5.74) is 2.41. The lowest BCUT2D eigenvalue weighted by molar-refractivity contribution is 0.414. The number of hydrogen-bond acceptors (Lipinski definition) is 3. The van der Waals surface area contributed by atoms with Gasteiger partial charge in [-0.05, 0) is 35.1 Å². The Balaban J connectivity index is 1.56. The summed E-state index contributed by atoms with van der Waals surface area (Å²) in [5, 5.41) is 2.69. The molecule has 25 heavy (non-hydrogen) atoms. The smallest absolute Gasteiger partial charge is 0.148 e. The number of thioether (sulfide) groups is 1. The van der Waals surface area contributed by atoms with Crippen LogP contribution in [0.5, 0.6) is 17.2 Å². The average Bonchev–Trinajstić information content (AvgIpc) is 3.11. The Bertz CT molecular complexity index is 1080. The average molecular weight is 344 g/mol. The Morgan fingerprint density at radius 2 is 1.72 bits per heavy atom. The predicted octanol–water partition coefficient (Wildman–Crippen LogP) is 4.26. The van der Waals surface area contributed by atoms with Gasteiger partial charge in [-0.25, -0.2) is 0 Å². The molecule has 3 aromatic rings. The fourth-order valence-electron chi connectivity index (χ4n) is 3.32. The molecule has 0 amide bonds. The van der Waals surface area contributed by atoms with Gasteiger partial charge in [0, 0.05) is 10.8 Å². The van der Waals surface area contributed by atoms with E-state index in [2.05, 4.69) is 42.5 Å². The third-order valence-electron chi connectivity index (χ3n) is 4.64. The summed E-state index contributed by atoms with van der Waals surface area (Å²) in [7, 11) is 1.69. The molecule has 0 radical (unpaired) electrons. The molecular weight excluding hydrogens is 328 g/mol. The van der Waals surface area contributed by atoms with Crippen LogP contribution in [0.15, 0.2) is 65.6 Å². The molecule has 2 nitrogen and oxygen atoms in total. The fourth-order valence-corrected chi connectivity index (χ4v) is 4.62. The maximum absolute atomic E-state index is 6.25. The summed E-state index contributed by atoms with van der Waals surface area (Å²) in [5.74, 6) is 2.79. The van der Waals surface area contributed by atoms with Gasteiger partial charge in [0.2, 0.25) is 0 Å². The highest BCUT2D eigenvalue weighted by Crippen LogP contribution is 2.44. The predicted molar refractivity (Wildman–Crippen MR) is 102 cm³/mol. The second-order valence-electron chi connectivity index (χ2n) is 6.16. The third-order valence-corrected chi connectivity index (χ3v) is 5.95. The molecule has 0 aliphatic carbocycles. The lowest BCUT2D eigenvalue weighted by Crippen LogP contribution is -2.16. The zero-order chi connectivity index (χ0) is 16.8.